The van der Waals surface area contributed by atoms with E-state index in [1.54, 1.807) is 6.92 Å². The van der Waals surface area contributed by atoms with Crippen LogP contribution < -0.4 is 11.3 Å². The standard InChI is InChI=1S/C13H12N4O5/c1-2-22-13(21)10-15-9(14)11(18)17(16-10)8-5-3-7(4-6-8)12(19)20/h3-6H,2H2,1H3,(H,19,20)(H2,14,15,16). The molecular formula is C13H12N4O5. The summed E-state index contributed by atoms with van der Waals surface area (Å²) < 4.78 is 5.61. The maximum Gasteiger partial charge on any atom is 0.378 e. The number of nitrogen functional groups attached to an aromatic ring is 1. The van der Waals surface area contributed by atoms with Crippen molar-refractivity contribution < 1.29 is 19.4 Å². The molecule has 0 aliphatic heterocycles. The van der Waals surface area contributed by atoms with Gasteiger partial charge in [-0.05, 0) is 31.2 Å². The maximum atomic E-state index is 12.0. The zero-order valence-electron chi connectivity index (χ0n) is 11.5. The summed E-state index contributed by atoms with van der Waals surface area (Å²) in [6.07, 6.45) is 0. The summed E-state index contributed by atoms with van der Waals surface area (Å²) in [5.41, 5.74) is 5.05. The fourth-order valence-electron chi connectivity index (χ4n) is 1.64. The Kier molecular flexibility index (Phi) is 4.16. The molecule has 0 aliphatic carbocycles. The highest BCUT2D eigenvalue weighted by Gasteiger charge is 2.16. The van der Waals surface area contributed by atoms with E-state index < -0.39 is 23.3 Å². The van der Waals surface area contributed by atoms with E-state index in [1.165, 1.54) is 24.3 Å². The molecule has 9 heteroatoms. The summed E-state index contributed by atoms with van der Waals surface area (Å²) in [4.78, 5) is 38.0. The molecule has 0 aliphatic rings. The highest BCUT2D eigenvalue weighted by atomic mass is 16.5. The first kappa shape index (κ1) is 15.2. The molecule has 1 aromatic carbocycles. The third-order valence-corrected chi connectivity index (χ3v) is 2.65. The first-order valence-electron chi connectivity index (χ1n) is 6.21. The van der Waals surface area contributed by atoms with Crippen molar-refractivity contribution in [1.29, 1.82) is 0 Å². The molecule has 22 heavy (non-hydrogen) atoms. The number of anilines is 1. The lowest BCUT2D eigenvalue weighted by Crippen LogP contribution is -2.29. The highest BCUT2D eigenvalue weighted by Crippen LogP contribution is 2.08. The van der Waals surface area contributed by atoms with Crippen molar-refractivity contribution in [2.24, 2.45) is 0 Å². The van der Waals surface area contributed by atoms with E-state index in [-0.39, 0.29) is 23.7 Å². The predicted octanol–water partition coefficient (Wildman–Crippen LogP) is 0.0846. The molecule has 0 atom stereocenters. The van der Waals surface area contributed by atoms with Crippen LogP contribution in [0, 0.1) is 0 Å². The minimum absolute atomic E-state index is 0.0458. The van der Waals surface area contributed by atoms with Gasteiger partial charge < -0.3 is 15.6 Å². The Morgan fingerprint density at radius 1 is 1.32 bits per heavy atom. The van der Waals surface area contributed by atoms with Crippen molar-refractivity contribution in [1.82, 2.24) is 14.8 Å². The number of ether oxygens (including phenoxy) is 1. The van der Waals surface area contributed by atoms with Crippen molar-refractivity contribution in [2.75, 3.05) is 12.3 Å². The number of benzene rings is 1. The van der Waals surface area contributed by atoms with Crippen LogP contribution in [-0.2, 0) is 4.74 Å². The van der Waals surface area contributed by atoms with E-state index in [1.807, 2.05) is 0 Å². The molecule has 0 radical (unpaired) electrons. The lowest BCUT2D eigenvalue weighted by atomic mass is 10.2. The molecule has 0 spiro atoms. The Morgan fingerprint density at radius 2 is 1.95 bits per heavy atom. The Labute approximate surface area is 124 Å². The summed E-state index contributed by atoms with van der Waals surface area (Å²) in [6.45, 7) is 1.73. The van der Waals surface area contributed by atoms with Crippen molar-refractivity contribution in [3.8, 4) is 5.69 Å². The van der Waals surface area contributed by atoms with Gasteiger partial charge in [0.05, 0.1) is 17.9 Å². The summed E-state index contributed by atoms with van der Waals surface area (Å²) in [5, 5.41) is 12.6. The molecule has 0 bridgehead atoms. The fourth-order valence-corrected chi connectivity index (χ4v) is 1.64. The average molecular weight is 304 g/mol. The molecule has 1 heterocycles. The second-order valence-electron chi connectivity index (χ2n) is 4.11. The van der Waals surface area contributed by atoms with Gasteiger partial charge in [0.15, 0.2) is 5.82 Å². The van der Waals surface area contributed by atoms with Crippen LogP contribution in [0.2, 0.25) is 0 Å². The number of esters is 1. The first-order valence-corrected chi connectivity index (χ1v) is 6.21. The number of rotatable bonds is 4. The monoisotopic (exact) mass is 304 g/mol. The summed E-state index contributed by atoms with van der Waals surface area (Å²) >= 11 is 0. The van der Waals surface area contributed by atoms with Crippen molar-refractivity contribution >= 4 is 17.8 Å². The summed E-state index contributed by atoms with van der Waals surface area (Å²) in [6, 6.07) is 5.33. The van der Waals surface area contributed by atoms with Crippen LogP contribution in [0.15, 0.2) is 29.1 Å². The van der Waals surface area contributed by atoms with Gasteiger partial charge >= 0.3 is 17.5 Å². The number of hydrogen-bond acceptors (Lipinski definition) is 7. The van der Waals surface area contributed by atoms with Crippen molar-refractivity contribution in [2.45, 2.75) is 6.92 Å². The first-order chi connectivity index (χ1) is 10.4. The van der Waals surface area contributed by atoms with Crippen LogP contribution in [0.3, 0.4) is 0 Å². The number of carbonyl (C=O) groups is 2. The van der Waals surface area contributed by atoms with Gasteiger partial charge in [0, 0.05) is 0 Å². The van der Waals surface area contributed by atoms with Crippen molar-refractivity contribution in [3.63, 3.8) is 0 Å². The molecule has 3 N–H and O–H groups in total. The van der Waals surface area contributed by atoms with E-state index in [0.717, 1.165) is 4.68 Å². The molecule has 0 fully saturated rings. The van der Waals surface area contributed by atoms with Gasteiger partial charge in [-0.15, -0.1) is 5.10 Å². The highest BCUT2D eigenvalue weighted by molar-refractivity contribution is 5.87. The number of aromatic carboxylic acids is 1. The molecule has 2 rings (SSSR count). The molecular weight excluding hydrogens is 292 g/mol. The zero-order chi connectivity index (χ0) is 16.3. The Balaban J connectivity index is 2.52. The van der Waals surface area contributed by atoms with E-state index in [4.69, 9.17) is 15.6 Å². The lowest BCUT2D eigenvalue weighted by Gasteiger charge is -2.07. The van der Waals surface area contributed by atoms with E-state index in [9.17, 15) is 14.4 Å². The SMILES string of the molecule is CCOC(=O)c1nc(N)c(=O)n(-c2ccc(C(=O)O)cc2)n1. The minimum Gasteiger partial charge on any atom is -0.478 e. The number of nitrogens with two attached hydrogens (primary N) is 1. The molecule has 1 aromatic heterocycles. The van der Waals surface area contributed by atoms with Crippen LogP contribution in [0.1, 0.15) is 27.9 Å². The molecule has 0 saturated carbocycles. The van der Waals surface area contributed by atoms with Crippen LogP contribution >= 0.6 is 0 Å². The van der Waals surface area contributed by atoms with Gasteiger partial charge in [-0.2, -0.15) is 9.67 Å². The fraction of sp³-hybridized carbons (Fsp3) is 0.154. The molecule has 114 valence electrons. The lowest BCUT2D eigenvalue weighted by molar-refractivity contribution is 0.0509. The topological polar surface area (TPSA) is 137 Å². The largest absolute Gasteiger partial charge is 0.478 e. The number of aromatic nitrogens is 3. The van der Waals surface area contributed by atoms with E-state index in [2.05, 4.69) is 10.1 Å². The smallest absolute Gasteiger partial charge is 0.378 e. The van der Waals surface area contributed by atoms with Gasteiger partial charge in [0.2, 0.25) is 0 Å². The minimum atomic E-state index is -1.10. The molecule has 2 aromatic rings. The van der Waals surface area contributed by atoms with Crippen LogP contribution in [0.5, 0.6) is 0 Å². The Morgan fingerprint density at radius 3 is 2.50 bits per heavy atom. The maximum absolute atomic E-state index is 12.0. The van der Waals surface area contributed by atoms with Crippen molar-refractivity contribution in [3.05, 3.63) is 46.0 Å². The third-order valence-electron chi connectivity index (χ3n) is 2.65. The summed E-state index contributed by atoms with van der Waals surface area (Å²) in [7, 11) is 0. The van der Waals surface area contributed by atoms with Gasteiger partial charge in [-0.3, -0.25) is 4.79 Å². The molecule has 9 nitrogen and oxygen atoms in total. The third kappa shape index (κ3) is 2.92. The van der Waals surface area contributed by atoms with Gasteiger partial charge in [0.1, 0.15) is 0 Å². The number of carboxylic acids is 1. The molecule has 0 unspecified atom stereocenters. The second-order valence-corrected chi connectivity index (χ2v) is 4.11. The zero-order valence-corrected chi connectivity index (χ0v) is 11.5. The van der Waals surface area contributed by atoms with Crippen LogP contribution in [0.25, 0.3) is 5.69 Å². The molecule has 0 amide bonds. The normalized spacial score (nSPS) is 10.2. The number of hydrogen-bond donors (Lipinski definition) is 2. The quantitative estimate of drug-likeness (QED) is 0.758. The number of carbonyl (C=O) groups excluding carboxylic acids is 1. The Bertz CT molecular complexity index is 782. The Hall–Kier alpha value is -3.23. The van der Waals surface area contributed by atoms with E-state index in [0.29, 0.717) is 0 Å². The van der Waals surface area contributed by atoms with Crippen LogP contribution in [-0.4, -0.2) is 38.4 Å². The predicted molar refractivity (Wildman–Crippen MR) is 75.0 cm³/mol. The molecule has 0 saturated heterocycles. The van der Waals surface area contributed by atoms with Gasteiger partial charge in [-0.1, -0.05) is 0 Å². The second kappa shape index (κ2) is 6.04. The van der Waals surface area contributed by atoms with Crippen LogP contribution in [0.4, 0.5) is 5.82 Å². The summed E-state index contributed by atoms with van der Waals surface area (Å²) in [5.74, 6) is -2.69. The van der Waals surface area contributed by atoms with Gasteiger partial charge in [-0.25, -0.2) is 9.59 Å². The van der Waals surface area contributed by atoms with E-state index >= 15 is 0 Å². The van der Waals surface area contributed by atoms with Gasteiger partial charge in [0.25, 0.3) is 5.82 Å². The number of carboxylic acid groups (broad SMARTS) is 1. The average Bonchev–Trinajstić information content (AvgIpc) is 2.50. The number of nitrogens with zero attached hydrogens (tertiary/aromatic N) is 3.